The SMILES string of the molecule is CCc1cccc(C)c1-n1nnnc1[C@@](C)(CC)Nc1ccc(OC)c(OC)c1. The first kappa shape index (κ1) is 20.6. The fraction of sp³-hybridized carbons (Fsp3) is 0.409. The van der Waals surface area contributed by atoms with Crippen LogP contribution in [0.5, 0.6) is 11.5 Å². The second-order valence-corrected chi connectivity index (χ2v) is 7.23. The van der Waals surface area contributed by atoms with Crippen LogP contribution in [-0.2, 0) is 12.0 Å². The van der Waals surface area contributed by atoms with Gasteiger partial charge < -0.3 is 14.8 Å². The summed E-state index contributed by atoms with van der Waals surface area (Å²) in [6, 6.07) is 12.1. The molecule has 7 nitrogen and oxygen atoms in total. The van der Waals surface area contributed by atoms with Crippen molar-refractivity contribution in [1.29, 1.82) is 0 Å². The molecule has 29 heavy (non-hydrogen) atoms. The van der Waals surface area contributed by atoms with Gasteiger partial charge in [-0.25, -0.2) is 0 Å². The largest absolute Gasteiger partial charge is 0.493 e. The van der Waals surface area contributed by atoms with E-state index >= 15 is 0 Å². The number of hydrogen-bond acceptors (Lipinski definition) is 6. The summed E-state index contributed by atoms with van der Waals surface area (Å²) in [6.45, 7) is 8.45. The normalized spacial score (nSPS) is 13.0. The topological polar surface area (TPSA) is 74.1 Å². The van der Waals surface area contributed by atoms with E-state index in [9.17, 15) is 0 Å². The van der Waals surface area contributed by atoms with E-state index < -0.39 is 5.54 Å². The van der Waals surface area contributed by atoms with Crippen LogP contribution in [-0.4, -0.2) is 34.4 Å². The Morgan fingerprint density at radius 2 is 1.83 bits per heavy atom. The summed E-state index contributed by atoms with van der Waals surface area (Å²) in [5, 5.41) is 16.4. The number of aromatic nitrogens is 4. The Kier molecular flexibility index (Phi) is 6.06. The van der Waals surface area contributed by atoms with Crippen molar-refractivity contribution in [3.63, 3.8) is 0 Å². The number of tetrazole rings is 1. The van der Waals surface area contributed by atoms with Crippen molar-refractivity contribution in [1.82, 2.24) is 20.2 Å². The first-order valence-corrected chi connectivity index (χ1v) is 9.85. The molecule has 0 fully saturated rings. The number of nitrogens with zero attached hydrogens (tertiary/aromatic N) is 4. The lowest BCUT2D eigenvalue weighted by atomic mass is 9.96. The maximum absolute atomic E-state index is 5.44. The van der Waals surface area contributed by atoms with Crippen LogP contribution in [0.1, 0.15) is 44.1 Å². The average Bonchev–Trinajstić information content (AvgIpc) is 3.23. The highest BCUT2D eigenvalue weighted by Gasteiger charge is 2.32. The minimum atomic E-state index is -0.490. The van der Waals surface area contributed by atoms with Crippen molar-refractivity contribution in [3.05, 3.63) is 53.3 Å². The molecule has 0 amide bonds. The van der Waals surface area contributed by atoms with Crippen LogP contribution in [0.4, 0.5) is 5.69 Å². The van der Waals surface area contributed by atoms with Gasteiger partial charge in [0, 0.05) is 11.8 Å². The van der Waals surface area contributed by atoms with Crippen LogP contribution < -0.4 is 14.8 Å². The van der Waals surface area contributed by atoms with Gasteiger partial charge in [0.05, 0.1) is 25.4 Å². The second-order valence-electron chi connectivity index (χ2n) is 7.23. The van der Waals surface area contributed by atoms with Crippen molar-refractivity contribution in [2.24, 2.45) is 0 Å². The predicted molar refractivity (Wildman–Crippen MR) is 114 cm³/mol. The maximum atomic E-state index is 5.44. The van der Waals surface area contributed by atoms with E-state index in [0.717, 1.165) is 35.6 Å². The molecule has 0 aliphatic heterocycles. The zero-order valence-corrected chi connectivity index (χ0v) is 18.0. The van der Waals surface area contributed by atoms with Gasteiger partial charge in [-0.3, -0.25) is 0 Å². The van der Waals surface area contributed by atoms with E-state index in [1.54, 1.807) is 14.2 Å². The highest BCUT2D eigenvalue weighted by atomic mass is 16.5. The van der Waals surface area contributed by atoms with Gasteiger partial charge in [0.15, 0.2) is 17.3 Å². The number of methoxy groups -OCH3 is 2. The predicted octanol–water partition coefficient (Wildman–Crippen LogP) is 4.29. The van der Waals surface area contributed by atoms with E-state index in [2.05, 4.69) is 66.7 Å². The third-order valence-electron chi connectivity index (χ3n) is 5.39. The Labute approximate surface area is 172 Å². The molecule has 0 radical (unpaired) electrons. The second kappa shape index (κ2) is 8.51. The highest BCUT2D eigenvalue weighted by Crippen LogP contribution is 2.35. The molecule has 0 unspecified atom stereocenters. The fourth-order valence-electron chi connectivity index (χ4n) is 3.52. The summed E-state index contributed by atoms with van der Waals surface area (Å²) in [7, 11) is 3.26. The van der Waals surface area contributed by atoms with Crippen molar-refractivity contribution in [2.75, 3.05) is 19.5 Å². The first-order valence-electron chi connectivity index (χ1n) is 9.85. The molecule has 1 atom stereocenters. The monoisotopic (exact) mass is 395 g/mol. The molecule has 0 saturated carbocycles. The molecule has 2 aromatic carbocycles. The molecule has 3 aromatic rings. The Hall–Kier alpha value is -3.09. The van der Waals surface area contributed by atoms with E-state index in [-0.39, 0.29) is 0 Å². The summed E-state index contributed by atoms with van der Waals surface area (Å²) in [5.74, 6) is 2.12. The number of hydrogen-bond donors (Lipinski definition) is 1. The number of anilines is 1. The zero-order valence-electron chi connectivity index (χ0n) is 18.0. The number of ether oxygens (including phenoxy) is 2. The lowest BCUT2D eigenvalue weighted by molar-refractivity contribution is 0.355. The van der Waals surface area contributed by atoms with Crippen LogP contribution in [0.2, 0.25) is 0 Å². The van der Waals surface area contributed by atoms with Crippen molar-refractivity contribution in [2.45, 2.75) is 46.1 Å². The minimum absolute atomic E-state index is 0.490. The maximum Gasteiger partial charge on any atom is 0.181 e. The van der Waals surface area contributed by atoms with Crippen LogP contribution in [0.15, 0.2) is 36.4 Å². The first-order chi connectivity index (χ1) is 14.0. The van der Waals surface area contributed by atoms with Crippen molar-refractivity contribution < 1.29 is 9.47 Å². The Balaban J connectivity index is 2.05. The molecule has 7 heteroatoms. The molecule has 154 valence electrons. The summed E-state index contributed by atoms with van der Waals surface area (Å²) in [4.78, 5) is 0. The average molecular weight is 396 g/mol. The third-order valence-corrected chi connectivity index (χ3v) is 5.39. The summed E-state index contributed by atoms with van der Waals surface area (Å²) < 4.78 is 12.7. The lowest BCUT2D eigenvalue weighted by Crippen LogP contribution is -2.35. The Morgan fingerprint density at radius 1 is 1.07 bits per heavy atom. The molecular formula is C22H29N5O2. The lowest BCUT2D eigenvalue weighted by Gasteiger charge is -2.30. The standard InChI is InChI=1S/C22H29N5O2/c1-7-16-11-9-10-15(3)20(16)27-21(24-25-26-27)22(4,8-2)23-17-12-13-18(28-5)19(14-17)29-6/h9-14,23H,7-8H2,1-6H3/t22-/m1/s1. The quantitative estimate of drug-likeness (QED) is 0.613. The fourth-order valence-corrected chi connectivity index (χ4v) is 3.52. The number of benzene rings is 2. The number of para-hydroxylation sites is 1. The highest BCUT2D eigenvalue weighted by molar-refractivity contribution is 5.56. The number of aryl methyl sites for hydroxylation is 2. The Bertz CT molecular complexity index is 985. The van der Waals surface area contributed by atoms with Crippen molar-refractivity contribution in [3.8, 4) is 17.2 Å². The van der Waals surface area contributed by atoms with Crippen LogP contribution >= 0.6 is 0 Å². The molecular weight excluding hydrogens is 366 g/mol. The van der Waals surface area contributed by atoms with Gasteiger partial charge >= 0.3 is 0 Å². The van der Waals surface area contributed by atoms with E-state index in [4.69, 9.17) is 9.47 Å². The van der Waals surface area contributed by atoms with E-state index in [1.807, 2.05) is 22.9 Å². The number of nitrogens with one attached hydrogen (secondary N) is 1. The molecule has 1 heterocycles. The molecule has 1 aromatic heterocycles. The van der Waals surface area contributed by atoms with Gasteiger partial charge in [-0.1, -0.05) is 32.0 Å². The smallest absolute Gasteiger partial charge is 0.181 e. The van der Waals surface area contributed by atoms with E-state index in [1.165, 1.54) is 5.56 Å². The van der Waals surface area contributed by atoms with Crippen LogP contribution in [0.3, 0.4) is 0 Å². The molecule has 0 aliphatic carbocycles. The third kappa shape index (κ3) is 3.90. The molecule has 0 bridgehead atoms. The van der Waals surface area contributed by atoms with Gasteiger partial charge in [-0.15, -0.1) is 5.10 Å². The summed E-state index contributed by atoms with van der Waals surface area (Å²) in [6.07, 6.45) is 1.69. The molecule has 0 saturated heterocycles. The number of rotatable bonds is 8. The van der Waals surface area contributed by atoms with Crippen LogP contribution in [0, 0.1) is 6.92 Å². The molecule has 1 N–H and O–H groups in total. The molecule has 0 spiro atoms. The summed E-state index contributed by atoms with van der Waals surface area (Å²) >= 11 is 0. The van der Waals surface area contributed by atoms with E-state index in [0.29, 0.717) is 11.5 Å². The Morgan fingerprint density at radius 3 is 2.48 bits per heavy atom. The molecule has 3 rings (SSSR count). The minimum Gasteiger partial charge on any atom is -0.493 e. The van der Waals surface area contributed by atoms with Crippen LogP contribution in [0.25, 0.3) is 5.69 Å². The van der Waals surface area contributed by atoms with Gasteiger partial charge in [-0.05, 0) is 60.4 Å². The molecule has 0 aliphatic rings. The van der Waals surface area contributed by atoms with Gasteiger partial charge in [-0.2, -0.15) is 4.68 Å². The van der Waals surface area contributed by atoms with Crippen molar-refractivity contribution >= 4 is 5.69 Å². The van der Waals surface area contributed by atoms with Gasteiger partial charge in [0.1, 0.15) is 0 Å². The van der Waals surface area contributed by atoms with Gasteiger partial charge in [0.25, 0.3) is 0 Å². The van der Waals surface area contributed by atoms with Gasteiger partial charge in [0.2, 0.25) is 0 Å². The zero-order chi connectivity index (χ0) is 21.0. The summed E-state index contributed by atoms with van der Waals surface area (Å²) in [5.41, 5.74) is 3.81.